The number of hydrogen-bond donors (Lipinski definition) is 2. The van der Waals surface area contributed by atoms with E-state index in [1.807, 2.05) is 19.1 Å². The van der Waals surface area contributed by atoms with Gasteiger partial charge in [0.2, 0.25) is 5.91 Å². The van der Waals surface area contributed by atoms with Crippen molar-refractivity contribution in [3.8, 4) is 11.5 Å². The van der Waals surface area contributed by atoms with Crippen LogP contribution in [0.25, 0.3) is 0 Å². The summed E-state index contributed by atoms with van der Waals surface area (Å²) in [5.41, 5.74) is 1.12. The van der Waals surface area contributed by atoms with Crippen molar-refractivity contribution < 1.29 is 14.6 Å². The van der Waals surface area contributed by atoms with Gasteiger partial charge in [0.1, 0.15) is 0 Å². The van der Waals surface area contributed by atoms with Crippen molar-refractivity contribution in [3.05, 3.63) is 23.8 Å². The lowest BCUT2D eigenvalue weighted by Gasteiger charge is -2.31. The van der Waals surface area contributed by atoms with Gasteiger partial charge in [-0.05, 0) is 56.5 Å². The number of amides is 1. The van der Waals surface area contributed by atoms with Crippen LogP contribution in [0.2, 0.25) is 0 Å². The molecule has 0 bridgehead atoms. The number of phenolic OH excluding ortho intramolecular Hbond substituents is 1. The number of benzene rings is 1. The quantitative estimate of drug-likeness (QED) is 0.805. The van der Waals surface area contributed by atoms with Crippen LogP contribution in [0.1, 0.15) is 39.2 Å². The molecule has 0 saturated carbocycles. The maximum absolute atomic E-state index is 12.1. The van der Waals surface area contributed by atoms with Crippen LogP contribution in [0.15, 0.2) is 18.2 Å². The summed E-state index contributed by atoms with van der Waals surface area (Å²) >= 11 is 0. The number of piperidine rings is 1. The molecule has 5 nitrogen and oxygen atoms in total. The monoisotopic (exact) mass is 334 g/mol. The zero-order valence-electron chi connectivity index (χ0n) is 15.0. The van der Waals surface area contributed by atoms with Gasteiger partial charge in [-0.15, -0.1) is 0 Å². The summed E-state index contributed by atoms with van der Waals surface area (Å²) in [5.74, 6) is 1.55. The van der Waals surface area contributed by atoms with Crippen molar-refractivity contribution in [2.45, 2.75) is 40.2 Å². The minimum Gasteiger partial charge on any atom is -0.504 e. The number of phenols is 1. The van der Waals surface area contributed by atoms with E-state index in [0.717, 1.165) is 44.6 Å². The highest BCUT2D eigenvalue weighted by Crippen LogP contribution is 2.28. The van der Waals surface area contributed by atoms with E-state index in [2.05, 4.69) is 24.1 Å². The Morgan fingerprint density at radius 3 is 2.71 bits per heavy atom. The minimum absolute atomic E-state index is 0.138. The van der Waals surface area contributed by atoms with Crippen LogP contribution in [0.4, 0.5) is 0 Å². The van der Waals surface area contributed by atoms with E-state index in [9.17, 15) is 9.90 Å². The highest BCUT2D eigenvalue weighted by molar-refractivity contribution is 5.78. The highest BCUT2D eigenvalue weighted by Gasteiger charge is 2.25. The van der Waals surface area contributed by atoms with Gasteiger partial charge in [0.15, 0.2) is 11.5 Å². The Kier molecular flexibility index (Phi) is 6.91. The molecule has 0 unspecified atom stereocenters. The molecule has 0 spiro atoms. The van der Waals surface area contributed by atoms with Gasteiger partial charge in [-0.25, -0.2) is 0 Å². The van der Waals surface area contributed by atoms with Crippen LogP contribution in [0.5, 0.6) is 11.5 Å². The molecule has 24 heavy (non-hydrogen) atoms. The lowest BCUT2D eigenvalue weighted by atomic mass is 9.95. The molecule has 0 aliphatic carbocycles. The van der Waals surface area contributed by atoms with Gasteiger partial charge in [-0.2, -0.15) is 0 Å². The molecule has 2 rings (SSSR count). The molecule has 5 heteroatoms. The summed E-state index contributed by atoms with van der Waals surface area (Å²) in [5, 5.41) is 12.8. The first-order valence-electron chi connectivity index (χ1n) is 8.94. The maximum atomic E-state index is 12.1. The number of likely N-dealkylation sites (tertiary alicyclic amines) is 1. The van der Waals surface area contributed by atoms with Crippen LogP contribution in [0.3, 0.4) is 0 Å². The summed E-state index contributed by atoms with van der Waals surface area (Å²) < 4.78 is 5.44. The molecule has 2 N–H and O–H groups in total. The van der Waals surface area contributed by atoms with Gasteiger partial charge in [0.25, 0.3) is 0 Å². The normalized spacial score (nSPS) is 16.3. The number of nitrogens with zero attached hydrogens (tertiary/aromatic N) is 1. The van der Waals surface area contributed by atoms with Crippen LogP contribution >= 0.6 is 0 Å². The second-order valence-corrected chi connectivity index (χ2v) is 6.92. The average Bonchev–Trinajstić information content (AvgIpc) is 2.56. The first-order chi connectivity index (χ1) is 11.5. The van der Waals surface area contributed by atoms with Gasteiger partial charge in [-0.1, -0.05) is 19.9 Å². The van der Waals surface area contributed by atoms with E-state index < -0.39 is 0 Å². The van der Waals surface area contributed by atoms with E-state index in [1.165, 1.54) is 0 Å². The third kappa shape index (κ3) is 5.41. The van der Waals surface area contributed by atoms with Crippen molar-refractivity contribution in [1.82, 2.24) is 10.2 Å². The molecule has 0 aromatic heterocycles. The van der Waals surface area contributed by atoms with E-state index in [1.54, 1.807) is 6.07 Å². The van der Waals surface area contributed by atoms with Crippen LogP contribution in [0, 0.1) is 11.8 Å². The average molecular weight is 334 g/mol. The van der Waals surface area contributed by atoms with E-state index >= 15 is 0 Å². The number of nitrogens with one attached hydrogen (secondary N) is 1. The standard InChI is InChI=1S/C19H30N2O3/c1-4-24-18-11-15(5-6-17(18)22)13-21-9-7-16(8-10-21)19(23)20-12-14(2)3/h5-6,11,14,16,22H,4,7-10,12-13H2,1-3H3,(H,20,23). The fourth-order valence-electron chi connectivity index (χ4n) is 2.99. The Morgan fingerprint density at radius 1 is 1.38 bits per heavy atom. The Labute approximate surface area is 145 Å². The SMILES string of the molecule is CCOc1cc(CN2CCC(C(=O)NCC(C)C)CC2)ccc1O. The fraction of sp³-hybridized carbons (Fsp3) is 0.632. The Balaban J connectivity index is 1.82. The van der Waals surface area contributed by atoms with Gasteiger partial charge in [-0.3, -0.25) is 9.69 Å². The molecule has 1 aromatic carbocycles. The zero-order valence-corrected chi connectivity index (χ0v) is 15.0. The van der Waals surface area contributed by atoms with E-state index in [0.29, 0.717) is 18.3 Å². The minimum atomic E-state index is 0.138. The van der Waals surface area contributed by atoms with Crippen molar-refractivity contribution in [2.75, 3.05) is 26.2 Å². The molecule has 1 aliphatic rings. The van der Waals surface area contributed by atoms with E-state index in [4.69, 9.17) is 4.74 Å². The van der Waals surface area contributed by atoms with Crippen LogP contribution in [-0.2, 0) is 11.3 Å². The summed E-state index contributed by atoms with van der Waals surface area (Å²) in [7, 11) is 0. The number of hydrogen-bond acceptors (Lipinski definition) is 4. The molecule has 1 amide bonds. The zero-order chi connectivity index (χ0) is 17.5. The smallest absolute Gasteiger partial charge is 0.223 e. The van der Waals surface area contributed by atoms with Gasteiger partial charge < -0.3 is 15.2 Å². The van der Waals surface area contributed by atoms with Crippen molar-refractivity contribution >= 4 is 5.91 Å². The van der Waals surface area contributed by atoms with E-state index in [-0.39, 0.29) is 17.6 Å². The lowest BCUT2D eigenvalue weighted by molar-refractivity contribution is -0.126. The first-order valence-corrected chi connectivity index (χ1v) is 8.94. The van der Waals surface area contributed by atoms with Crippen molar-refractivity contribution in [2.24, 2.45) is 11.8 Å². The molecule has 1 aromatic rings. The molecule has 1 aliphatic heterocycles. The Hall–Kier alpha value is -1.75. The molecule has 134 valence electrons. The molecule has 0 radical (unpaired) electrons. The molecule has 1 heterocycles. The van der Waals surface area contributed by atoms with Gasteiger partial charge >= 0.3 is 0 Å². The van der Waals surface area contributed by atoms with Crippen LogP contribution in [-0.4, -0.2) is 42.2 Å². The second-order valence-electron chi connectivity index (χ2n) is 6.92. The summed E-state index contributed by atoms with van der Waals surface area (Å²) in [6.45, 7) is 10.1. The number of ether oxygens (including phenoxy) is 1. The number of aromatic hydroxyl groups is 1. The topological polar surface area (TPSA) is 61.8 Å². The molecule has 1 fully saturated rings. The third-order valence-electron chi connectivity index (χ3n) is 4.37. The highest BCUT2D eigenvalue weighted by atomic mass is 16.5. The Morgan fingerprint density at radius 2 is 2.08 bits per heavy atom. The van der Waals surface area contributed by atoms with Gasteiger partial charge in [0, 0.05) is 19.0 Å². The molecular formula is C19H30N2O3. The largest absolute Gasteiger partial charge is 0.504 e. The number of carbonyl (C=O) groups is 1. The van der Waals surface area contributed by atoms with Gasteiger partial charge in [0.05, 0.1) is 6.61 Å². The molecule has 0 atom stereocenters. The first kappa shape index (κ1) is 18.6. The summed E-state index contributed by atoms with van der Waals surface area (Å²) in [4.78, 5) is 14.5. The predicted molar refractivity (Wildman–Crippen MR) is 95.1 cm³/mol. The predicted octanol–water partition coefficient (Wildman–Crippen LogP) is 2.78. The fourth-order valence-corrected chi connectivity index (χ4v) is 2.99. The molecule has 1 saturated heterocycles. The van der Waals surface area contributed by atoms with Crippen molar-refractivity contribution in [3.63, 3.8) is 0 Å². The third-order valence-corrected chi connectivity index (χ3v) is 4.37. The second kappa shape index (κ2) is 8.92. The van der Waals surface area contributed by atoms with Crippen LogP contribution < -0.4 is 10.1 Å². The Bertz CT molecular complexity index is 537. The maximum Gasteiger partial charge on any atom is 0.223 e. The molecular weight excluding hydrogens is 304 g/mol. The summed E-state index contributed by atoms with van der Waals surface area (Å²) in [6.07, 6.45) is 1.81. The number of rotatable bonds is 7. The summed E-state index contributed by atoms with van der Waals surface area (Å²) in [6, 6.07) is 5.52. The lowest BCUT2D eigenvalue weighted by Crippen LogP contribution is -2.41. The van der Waals surface area contributed by atoms with Crippen molar-refractivity contribution in [1.29, 1.82) is 0 Å². The number of carbonyl (C=O) groups excluding carboxylic acids is 1.